The van der Waals surface area contributed by atoms with Gasteiger partial charge in [0.15, 0.2) is 0 Å². The number of hydrogen-bond donors (Lipinski definition) is 2. The van der Waals surface area contributed by atoms with Gasteiger partial charge < -0.3 is 15.2 Å². The maximum atomic E-state index is 12.0. The van der Waals surface area contributed by atoms with Gasteiger partial charge in [0, 0.05) is 11.6 Å². The number of anilines is 1. The molecule has 2 rings (SSSR count). The third-order valence-electron chi connectivity index (χ3n) is 3.16. The molecule has 0 aliphatic carbocycles. The fourth-order valence-corrected chi connectivity index (χ4v) is 1.99. The Balaban J connectivity index is 2.15. The molecular weight excluding hydrogens is 294 g/mol. The summed E-state index contributed by atoms with van der Waals surface area (Å²) in [6, 6.07) is 13.7. The van der Waals surface area contributed by atoms with E-state index in [2.05, 4.69) is 5.32 Å². The maximum absolute atomic E-state index is 12.0. The van der Waals surface area contributed by atoms with Gasteiger partial charge >= 0.3 is 0 Å². The van der Waals surface area contributed by atoms with Crippen LogP contribution in [0.3, 0.4) is 0 Å². The normalized spacial score (nSPS) is 11.0. The summed E-state index contributed by atoms with van der Waals surface area (Å²) in [5, 5.41) is 12.4. The van der Waals surface area contributed by atoms with Crippen LogP contribution in [0.25, 0.3) is 5.76 Å². The quantitative estimate of drug-likeness (QED) is 0.505. The van der Waals surface area contributed by atoms with Gasteiger partial charge in [-0.1, -0.05) is 36.4 Å². The van der Waals surface area contributed by atoms with E-state index in [1.807, 2.05) is 13.0 Å². The minimum Gasteiger partial charge on any atom is -0.507 e. The molecule has 0 spiro atoms. The second-order valence-electron chi connectivity index (χ2n) is 4.92. The monoisotopic (exact) mass is 311 g/mol. The number of hydrogen-bond acceptors (Lipinski definition) is 4. The number of ketones is 1. The first-order valence-electron chi connectivity index (χ1n) is 6.97. The van der Waals surface area contributed by atoms with E-state index in [-0.39, 0.29) is 5.76 Å². The molecule has 2 aromatic rings. The Bertz CT molecular complexity index is 751. The standard InChI is InChI=1S/C18H17NO4/c1-12-8-9-17(23-2)14(10-12)19-18(22)16(21)11-15(20)13-6-4-3-5-7-13/h3-11,20H,1-2H3,(H,19,22)/b15-11-. The molecule has 0 fully saturated rings. The summed E-state index contributed by atoms with van der Waals surface area (Å²) in [4.78, 5) is 23.9. The molecular formula is C18H17NO4. The van der Waals surface area contributed by atoms with Crippen molar-refractivity contribution in [2.75, 3.05) is 12.4 Å². The third kappa shape index (κ3) is 4.20. The number of aliphatic hydroxyl groups excluding tert-OH is 1. The molecule has 5 heteroatoms. The first kappa shape index (κ1) is 16.3. The summed E-state index contributed by atoms with van der Waals surface area (Å²) in [5.74, 6) is -1.51. The summed E-state index contributed by atoms with van der Waals surface area (Å²) < 4.78 is 5.14. The molecule has 2 aromatic carbocycles. The molecule has 0 saturated carbocycles. The Kier molecular flexibility index (Phi) is 5.15. The van der Waals surface area contributed by atoms with E-state index in [4.69, 9.17) is 4.74 Å². The number of ether oxygens (including phenoxy) is 1. The highest BCUT2D eigenvalue weighted by molar-refractivity contribution is 6.45. The summed E-state index contributed by atoms with van der Waals surface area (Å²) in [6.07, 6.45) is 0.896. The lowest BCUT2D eigenvalue weighted by Crippen LogP contribution is -2.21. The van der Waals surface area contributed by atoms with Gasteiger partial charge in [0.25, 0.3) is 5.91 Å². The summed E-state index contributed by atoms with van der Waals surface area (Å²) in [5.41, 5.74) is 1.77. The topological polar surface area (TPSA) is 75.6 Å². The summed E-state index contributed by atoms with van der Waals surface area (Å²) in [6.45, 7) is 1.86. The van der Waals surface area contributed by atoms with Crippen molar-refractivity contribution in [1.82, 2.24) is 0 Å². The SMILES string of the molecule is COc1ccc(C)cc1NC(=O)C(=O)/C=C(\O)c1ccccc1. The van der Waals surface area contributed by atoms with Crippen molar-refractivity contribution in [1.29, 1.82) is 0 Å². The highest BCUT2D eigenvalue weighted by Gasteiger charge is 2.15. The van der Waals surface area contributed by atoms with Crippen molar-refractivity contribution in [3.05, 3.63) is 65.7 Å². The van der Waals surface area contributed by atoms with Crippen LogP contribution in [0, 0.1) is 6.92 Å². The Morgan fingerprint density at radius 3 is 2.48 bits per heavy atom. The van der Waals surface area contributed by atoms with Crippen LogP contribution in [-0.4, -0.2) is 23.9 Å². The van der Waals surface area contributed by atoms with Crippen LogP contribution in [0.1, 0.15) is 11.1 Å². The number of amides is 1. The number of methoxy groups -OCH3 is 1. The van der Waals surface area contributed by atoms with Crippen LogP contribution in [0.5, 0.6) is 5.75 Å². The molecule has 118 valence electrons. The first-order chi connectivity index (χ1) is 11.0. The average Bonchev–Trinajstić information content (AvgIpc) is 2.55. The van der Waals surface area contributed by atoms with Crippen LogP contribution in [0.15, 0.2) is 54.6 Å². The van der Waals surface area contributed by atoms with E-state index in [0.29, 0.717) is 17.0 Å². The summed E-state index contributed by atoms with van der Waals surface area (Å²) in [7, 11) is 1.48. The summed E-state index contributed by atoms with van der Waals surface area (Å²) >= 11 is 0. The lowest BCUT2D eigenvalue weighted by atomic mass is 10.1. The van der Waals surface area contributed by atoms with Gasteiger partial charge in [-0.3, -0.25) is 9.59 Å². The molecule has 0 unspecified atom stereocenters. The minimum absolute atomic E-state index is 0.262. The van der Waals surface area contributed by atoms with E-state index in [9.17, 15) is 14.7 Å². The van der Waals surface area contributed by atoms with Crippen LogP contribution in [-0.2, 0) is 9.59 Å². The lowest BCUT2D eigenvalue weighted by Gasteiger charge is -2.10. The van der Waals surface area contributed by atoms with Crippen molar-refractivity contribution in [2.45, 2.75) is 6.92 Å². The zero-order valence-corrected chi connectivity index (χ0v) is 12.9. The second kappa shape index (κ2) is 7.26. The molecule has 0 radical (unpaired) electrons. The van der Waals surface area contributed by atoms with Gasteiger partial charge in [-0.15, -0.1) is 0 Å². The second-order valence-corrected chi connectivity index (χ2v) is 4.92. The molecule has 0 aromatic heterocycles. The Morgan fingerprint density at radius 1 is 1.13 bits per heavy atom. The van der Waals surface area contributed by atoms with Crippen molar-refractivity contribution in [2.24, 2.45) is 0 Å². The molecule has 0 bridgehead atoms. The van der Waals surface area contributed by atoms with Crippen molar-refractivity contribution in [3.8, 4) is 5.75 Å². The van der Waals surface area contributed by atoms with E-state index in [1.54, 1.807) is 42.5 Å². The number of aliphatic hydroxyl groups is 1. The fraction of sp³-hybridized carbons (Fsp3) is 0.111. The van der Waals surface area contributed by atoms with Crippen molar-refractivity contribution < 1.29 is 19.4 Å². The molecule has 23 heavy (non-hydrogen) atoms. The van der Waals surface area contributed by atoms with Crippen LogP contribution < -0.4 is 10.1 Å². The molecule has 2 N–H and O–H groups in total. The van der Waals surface area contributed by atoms with Gasteiger partial charge in [-0.25, -0.2) is 0 Å². The van der Waals surface area contributed by atoms with Gasteiger partial charge in [0.1, 0.15) is 11.5 Å². The number of carbonyl (C=O) groups is 2. The largest absolute Gasteiger partial charge is 0.507 e. The van der Waals surface area contributed by atoms with Crippen LogP contribution in [0.2, 0.25) is 0 Å². The Morgan fingerprint density at radius 2 is 1.83 bits per heavy atom. The highest BCUT2D eigenvalue weighted by Crippen LogP contribution is 2.25. The van der Waals surface area contributed by atoms with Gasteiger partial charge in [0.2, 0.25) is 5.78 Å². The predicted octanol–water partition coefficient (Wildman–Crippen LogP) is 3.11. The molecule has 1 amide bonds. The van der Waals surface area contributed by atoms with Crippen LogP contribution >= 0.6 is 0 Å². The first-order valence-corrected chi connectivity index (χ1v) is 6.97. The minimum atomic E-state index is -0.852. The smallest absolute Gasteiger partial charge is 0.296 e. The van der Waals surface area contributed by atoms with Crippen LogP contribution in [0.4, 0.5) is 5.69 Å². The Hall–Kier alpha value is -3.08. The predicted molar refractivity (Wildman–Crippen MR) is 88.4 cm³/mol. The molecule has 0 saturated heterocycles. The number of nitrogens with one attached hydrogen (secondary N) is 1. The molecule has 0 heterocycles. The zero-order chi connectivity index (χ0) is 16.8. The van der Waals surface area contributed by atoms with Gasteiger partial charge in [0.05, 0.1) is 12.8 Å². The fourth-order valence-electron chi connectivity index (χ4n) is 1.99. The number of rotatable bonds is 5. The molecule has 0 aliphatic rings. The van der Waals surface area contributed by atoms with Gasteiger partial charge in [-0.2, -0.15) is 0 Å². The molecule has 5 nitrogen and oxygen atoms in total. The zero-order valence-electron chi connectivity index (χ0n) is 12.9. The molecule has 0 atom stereocenters. The molecule has 0 aliphatic heterocycles. The van der Waals surface area contributed by atoms with Gasteiger partial charge in [-0.05, 0) is 24.6 Å². The number of aryl methyl sites for hydroxylation is 1. The van der Waals surface area contributed by atoms with Crippen molar-refractivity contribution in [3.63, 3.8) is 0 Å². The Labute approximate surface area is 134 Å². The number of carbonyl (C=O) groups excluding carboxylic acids is 2. The van der Waals surface area contributed by atoms with E-state index in [0.717, 1.165) is 11.6 Å². The number of benzene rings is 2. The van der Waals surface area contributed by atoms with E-state index in [1.165, 1.54) is 7.11 Å². The van der Waals surface area contributed by atoms with E-state index < -0.39 is 11.7 Å². The highest BCUT2D eigenvalue weighted by atomic mass is 16.5. The van der Waals surface area contributed by atoms with Crippen molar-refractivity contribution >= 4 is 23.1 Å². The van der Waals surface area contributed by atoms with E-state index >= 15 is 0 Å². The maximum Gasteiger partial charge on any atom is 0.296 e. The third-order valence-corrected chi connectivity index (χ3v) is 3.16. The lowest BCUT2D eigenvalue weighted by molar-refractivity contribution is -0.132. The average molecular weight is 311 g/mol.